The molecule has 0 bridgehead atoms. The monoisotopic (exact) mass is 411 g/mol. The average molecular weight is 412 g/mol. The van der Waals surface area contributed by atoms with Crippen molar-refractivity contribution in [3.63, 3.8) is 0 Å². The number of Topliss-reactive ketones (excluding diaryl/α,β-unsaturated/α-hetero) is 1. The Morgan fingerprint density at radius 1 is 1.07 bits per heavy atom. The number of sulfone groups is 1. The minimum Gasteiger partial charge on any atom is -0.332 e. The smallest absolute Gasteiger partial charge is 0.223 e. The lowest BCUT2D eigenvalue weighted by Crippen LogP contribution is -2.47. The first kappa shape index (κ1) is 21.0. The standard InChI is InChI=1S/C23H25NO4S/c1-18(25)16-20-12-13-23(26)24(17-19-8-4-2-5-9-19)22(20)14-15-29(27,28)21-10-6-3-7-11-21/h2-11,14-15,20,22H,12-13,16-17H2,1H3/b15-14+/t20-,22-/m0/s1. The largest absolute Gasteiger partial charge is 0.332 e. The van der Waals surface area contributed by atoms with Crippen molar-refractivity contribution < 1.29 is 18.0 Å². The molecule has 2 atom stereocenters. The maximum Gasteiger partial charge on any atom is 0.223 e. The van der Waals surface area contributed by atoms with Gasteiger partial charge in [0.05, 0.1) is 10.9 Å². The highest BCUT2D eigenvalue weighted by Crippen LogP contribution is 2.30. The van der Waals surface area contributed by atoms with Crippen molar-refractivity contribution >= 4 is 21.5 Å². The van der Waals surface area contributed by atoms with Gasteiger partial charge in [0.2, 0.25) is 5.91 Å². The maximum atomic E-state index is 12.7. The van der Waals surface area contributed by atoms with Crippen LogP contribution in [0.5, 0.6) is 0 Å². The molecule has 0 aromatic heterocycles. The summed E-state index contributed by atoms with van der Waals surface area (Å²) in [5.41, 5.74) is 0.966. The van der Waals surface area contributed by atoms with Gasteiger partial charge in [-0.2, -0.15) is 0 Å². The number of nitrogens with zero attached hydrogens (tertiary/aromatic N) is 1. The number of ketones is 1. The number of carbonyl (C=O) groups is 2. The van der Waals surface area contributed by atoms with Crippen LogP contribution in [0.15, 0.2) is 77.0 Å². The van der Waals surface area contributed by atoms with E-state index in [1.807, 2.05) is 30.3 Å². The summed E-state index contributed by atoms with van der Waals surface area (Å²) in [4.78, 5) is 26.4. The normalized spacial score (nSPS) is 20.2. The Labute approximate surface area is 172 Å². The van der Waals surface area contributed by atoms with E-state index in [4.69, 9.17) is 0 Å². The van der Waals surface area contributed by atoms with Crippen LogP contribution in [0, 0.1) is 5.92 Å². The second-order valence-electron chi connectivity index (χ2n) is 7.39. The molecule has 0 radical (unpaired) electrons. The predicted octanol–water partition coefficient (Wildman–Crippen LogP) is 3.76. The molecule has 1 aliphatic rings. The lowest BCUT2D eigenvalue weighted by atomic mass is 9.85. The maximum absolute atomic E-state index is 12.7. The molecule has 1 aliphatic heterocycles. The van der Waals surface area contributed by atoms with Crippen LogP contribution in [-0.2, 0) is 26.0 Å². The van der Waals surface area contributed by atoms with Crippen molar-refractivity contribution in [3.8, 4) is 0 Å². The Morgan fingerprint density at radius 2 is 1.69 bits per heavy atom. The molecule has 0 aliphatic carbocycles. The van der Waals surface area contributed by atoms with Crippen molar-refractivity contribution in [1.29, 1.82) is 0 Å². The first-order valence-electron chi connectivity index (χ1n) is 9.68. The molecule has 5 nitrogen and oxygen atoms in total. The molecule has 2 aromatic carbocycles. The van der Waals surface area contributed by atoms with Crippen molar-refractivity contribution in [1.82, 2.24) is 4.90 Å². The Bertz CT molecular complexity index is 984. The van der Waals surface area contributed by atoms with Gasteiger partial charge in [-0.25, -0.2) is 8.42 Å². The Kier molecular flexibility index (Phi) is 6.64. The second kappa shape index (κ2) is 9.18. The van der Waals surface area contributed by atoms with Crippen molar-refractivity contribution in [2.75, 3.05) is 0 Å². The van der Waals surface area contributed by atoms with E-state index >= 15 is 0 Å². The summed E-state index contributed by atoms with van der Waals surface area (Å²) < 4.78 is 25.4. The second-order valence-corrected chi connectivity index (χ2v) is 9.22. The molecule has 1 saturated heterocycles. The molecule has 0 unspecified atom stereocenters. The van der Waals surface area contributed by atoms with Gasteiger partial charge in [0.25, 0.3) is 0 Å². The van der Waals surface area contributed by atoms with E-state index in [1.54, 1.807) is 41.3 Å². The highest BCUT2D eigenvalue weighted by Gasteiger charge is 2.35. The number of benzene rings is 2. The van der Waals surface area contributed by atoms with Crippen LogP contribution in [0.4, 0.5) is 0 Å². The summed E-state index contributed by atoms with van der Waals surface area (Å²) in [6.07, 6.45) is 2.83. The fourth-order valence-corrected chi connectivity index (χ4v) is 4.80. The summed E-state index contributed by atoms with van der Waals surface area (Å²) >= 11 is 0. The molecular weight excluding hydrogens is 386 g/mol. The topological polar surface area (TPSA) is 71.5 Å². The quantitative estimate of drug-likeness (QED) is 0.695. The molecule has 152 valence electrons. The Hall–Kier alpha value is -2.73. The van der Waals surface area contributed by atoms with Crippen LogP contribution in [-0.4, -0.2) is 31.0 Å². The number of rotatable bonds is 7. The van der Waals surface area contributed by atoms with Crippen LogP contribution in [0.25, 0.3) is 0 Å². The summed E-state index contributed by atoms with van der Waals surface area (Å²) in [7, 11) is -3.63. The molecule has 29 heavy (non-hydrogen) atoms. The van der Waals surface area contributed by atoms with E-state index in [-0.39, 0.29) is 22.5 Å². The number of hydrogen-bond donors (Lipinski definition) is 0. The summed E-state index contributed by atoms with van der Waals surface area (Å²) in [6.45, 7) is 1.91. The van der Waals surface area contributed by atoms with Crippen LogP contribution in [0.2, 0.25) is 0 Å². The van der Waals surface area contributed by atoms with Gasteiger partial charge in [-0.1, -0.05) is 54.6 Å². The molecule has 3 rings (SSSR count). The van der Waals surface area contributed by atoms with E-state index in [0.717, 1.165) is 5.56 Å². The molecular formula is C23H25NO4S. The Balaban J connectivity index is 1.92. The fraction of sp³-hybridized carbons (Fsp3) is 0.304. The first-order valence-corrected chi connectivity index (χ1v) is 11.2. The number of hydrogen-bond acceptors (Lipinski definition) is 4. The zero-order valence-electron chi connectivity index (χ0n) is 16.4. The highest BCUT2D eigenvalue weighted by molar-refractivity contribution is 7.94. The molecule has 0 saturated carbocycles. The van der Waals surface area contributed by atoms with Crippen LogP contribution in [0.1, 0.15) is 31.7 Å². The first-order chi connectivity index (χ1) is 13.9. The number of amides is 1. The van der Waals surface area contributed by atoms with E-state index in [9.17, 15) is 18.0 Å². The van der Waals surface area contributed by atoms with Gasteiger partial charge in [0, 0.05) is 24.8 Å². The Morgan fingerprint density at radius 3 is 2.31 bits per heavy atom. The minimum atomic E-state index is -3.63. The van der Waals surface area contributed by atoms with Gasteiger partial charge in [-0.15, -0.1) is 0 Å². The zero-order valence-corrected chi connectivity index (χ0v) is 17.2. The molecule has 1 heterocycles. The van der Waals surface area contributed by atoms with E-state index in [2.05, 4.69) is 0 Å². The lowest BCUT2D eigenvalue weighted by molar-refractivity contribution is -0.139. The van der Waals surface area contributed by atoms with Crippen molar-refractivity contribution in [3.05, 3.63) is 77.7 Å². The molecule has 2 aromatic rings. The van der Waals surface area contributed by atoms with Crippen LogP contribution < -0.4 is 0 Å². The van der Waals surface area contributed by atoms with Gasteiger partial charge in [0.15, 0.2) is 9.84 Å². The SMILES string of the molecule is CC(=O)C[C@@H]1CCC(=O)N(Cc2ccccc2)[C@H]1/C=C/S(=O)(=O)c1ccccc1. The van der Waals surface area contributed by atoms with Gasteiger partial charge >= 0.3 is 0 Å². The molecule has 0 spiro atoms. The fourth-order valence-electron chi connectivity index (χ4n) is 3.74. The van der Waals surface area contributed by atoms with Crippen molar-refractivity contribution in [2.24, 2.45) is 5.92 Å². The zero-order chi connectivity index (χ0) is 20.9. The van der Waals surface area contributed by atoms with E-state index in [0.29, 0.717) is 25.8 Å². The number of likely N-dealkylation sites (tertiary alicyclic amines) is 1. The molecule has 1 amide bonds. The molecule has 1 fully saturated rings. The highest BCUT2D eigenvalue weighted by atomic mass is 32.2. The van der Waals surface area contributed by atoms with Crippen LogP contribution in [0.3, 0.4) is 0 Å². The lowest BCUT2D eigenvalue weighted by Gasteiger charge is -2.39. The molecule has 6 heteroatoms. The minimum absolute atomic E-state index is 0.0274. The number of carbonyl (C=O) groups excluding carboxylic acids is 2. The third-order valence-corrected chi connectivity index (χ3v) is 6.61. The van der Waals surface area contributed by atoms with E-state index < -0.39 is 15.9 Å². The summed E-state index contributed by atoms with van der Waals surface area (Å²) in [5.74, 6) is -0.0927. The van der Waals surface area contributed by atoms with E-state index in [1.165, 1.54) is 12.3 Å². The third kappa shape index (κ3) is 5.41. The summed E-state index contributed by atoms with van der Waals surface area (Å²) in [5, 5.41) is 1.18. The summed E-state index contributed by atoms with van der Waals surface area (Å²) in [6, 6.07) is 17.3. The van der Waals surface area contributed by atoms with Gasteiger partial charge < -0.3 is 9.69 Å². The number of piperidine rings is 1. The molecule has 0 N–H and O–H groups in total. The van der Waals surface area contributed by atoms with Crippen LogP contribution >= 0.6 is 0 Å². The van der Waals surface area contributed by atoms with Crippen molar-refractivity contribution in [2.45, 2.75) is 43.7 Å². The van der Waals surface area contributed by atoms with Gasteiger partial charge in [0.1, 0.15) is 5.78 Å². The van der Waals surface area contributed by atoms with Gasteiger partial charge in [-0.3, -0.25) is 4.79 Å². The predicted molar refractivity (Wildman–Crippen MR) is 112 cm³/mol. The van der Waals surface area contributed by atoms with Gasteiger partial charge in [-0.05, 0) is 37.0 Å². The average Bonchev–Trinajstić information content (AvgIpc) is 2.71. The third-order valence-electron chi connectivity index (χ3n) is 5.16.